The first-order valence-electron chi connectivity index (χ1n) is 4.56. The molecular formula is C12H12O. The van der Waals surface area contributed by atoms with Gasteiger partial charge in [-0.1, -0.05) is 24.3 Å². The van der Waals surface area contributed by atoms with Gasteiger partial charge in [-0.05, 0) is 37.0 Å². The van der Waals surface area contributed by atoms with Crippen molar-refractivity contribution in [3.8, 4) is 0 Å². The van der Waals surface area contributed by atoms with Gasteiger partial charge in [0, 0.05) is 5.57 Å². The first-order chi connectivity index (χ1) is 6.27. The van der Waals surface area contributed by atoms with Crippen LogP contribution in [0.4, 0.5) is 0 Å². The Bertz CT molecular complexity index is 365. The summed E-state index contributed by atoms with van der Waals surface area (Å²) in [6.07, 6.45) is 12.3. The van der Waals surface area contributed by atoms with E-state index in [4.69, 9.17) is 0 Å². The average Bonchev–Trinajstić information content (AvgIpc) is 2.42. The molecule has 0 aromatic rings. The van der Waals surface area contributed by atoms with Gasteiger partial charge in [0.05, 0.1) is 0 Å². The number of allylic oxidation sites excluding steroid dienone is 8. The largest absolute Gasteiger partial charge is 0.295 e. The fourth-order valence-electron chi connectivity index (χ4n) is 1.68. The van der Waals surface area contributed by atoms with Crippen molar-refractivity contribution in [1.82, 2.24) is 0 Å². The fourth-order valence-corrected chi connectivity index (χ4v) is 1.68. The first kappa shape index (κ1) is 8.24. The lowest BCUT2D eigenvalue weighted by atomic mass is 10.1. The Hall–Kier alpha value is -1.37. The van der Waals surface area contributed by atoms with Crippen LogP contribution in [0.25, 0.3) is 0 Å². The number of hydrogen-bond donors (Lipinski definition) is 0. The van der Waals surface area contributed by atoms with Gasteiger partial charge >= 0.3 is 0 Å². The Labute approximate surface area is 78.1 Å². The molecule has 0 radical (unpaired) electrons. The highest BCUT2D eigenvalue weighted by Gasteiger charge is 2.11. The predicted octanol–water partition coefficient (Wildman–Crippen LogP) is 2.72. The molecular weight excluding hydrogens is 160 g/mol. The molecule has 1 heteroatoms. The van der Waals surface area contributed by atoms with Gasteiger partial charge in [0.15, 0.2) is 5.78 Å². The van der Waals surface area contributed by atoms with Crippen molar-refractivity contribution in [2.24, 2.45) is 0 Å². The summed E-state index contributed by atoms with van der Waals surface area (Å²) in [7, 11) is 0. The summed E-state index contributed by atoms with van der Waals surface area (Å²) in [5, 5.41) is 0. The van der Waals surface area contributed by atoms with Crippen LogP contribution in [-0.2, 0) is 4.79 Å². The van der Waals surface area contributed by atoms with Gasteiger partial charge in [-0.2, -0.15) is 0 Å². The second kappa shape index (κ2) is 3.17. The normalized spacial score (nSPS) is 19.9. The van der Waals surface area contributed by atoms with Crippen LogP contribution in [0.1, 0.15) is 19.8 Å². The zero-order valence-corrected chi connectivity index (χ0v) is 7.71. The van der Waals surface area contributed by atoms with Crippen molar-refractivity contribution in [2.75, 3.05) is 0 Å². The van der Waals surface area contributed by atoms with E-state index in [0.29, 0.717) is 0 Å². The molecule has 0 saturated heterocycles. The van der Waals surface area contributed by atoms with E-state index in [2.05, 4.69) is 18.2 Å². The molecule has 66 valence electrons. The van der Waals surface area contributed by atoms with E-state index in [1.165, 1.54) is 11.1 Å². The van der Waals surface area contributed by atoms with Crippen molar-refractivity contribution < 1.29 is 4.79 Å². The second-order valence-electron chi connectivity index (χ2n) is 3.39. The topological polar surface area (TPSA) is 17.1 Å². The van der Waals surface area contributed by atoms with Gasteiger partial charge in [-0.3, -0.25) is 4.79 Å². The Kier molecular flexibility index (Phi) is 2.01. The van der Waals surface area contributed by atoms with E-state index in [9.17, 15) is 4.79 Å². The zero-order valence-electron chi connectivity index (χ0n) is 7.71. The molecule has 0 unspecified atom stereocenters. The molecule has 2 aliphatic rings. The minimum absolute atomic E-state index is 0.161. The fraction of sp³-hybridized carbons (Fsp3) is 0.250. The Morgan fingerprint density at radius 3 is 3.00 bits per heavy atom. The van der Waals surface area contributed by atoms with E-state index in [0.717, 1.165) is 18.4 Å². The molecule has 0 aromatic carbocycles. The molecule has 0 amide bonds. The standard InChI is InChI=1S/C12H12O/c1-9(13)11-6-2-4-10-5-3-7-12(10)8-11/h3-6,8H,2,7H2,1H3. The average molecular weight is 172 g/mol. The van der Waals surface area contributed by atoms with E-state index < -0.39 is 0 Å². The lowest BCUT2D eigenvalue weighted by molar-refractivity contribution is -0.113. The van der Waals surface area contributed by atoms with Gasteiger partial charge in [0.1, 0.15) is 0 Å². The van der Waals surface area contributed by atoms with Gasteiger partial charge < -0.3 is 0 Å². The van der Waals surface area contributed by atoms with Gasteiger partial charge in [0.2, 0.25) is 0 Å². The number of carbonyl (C=O) groups excluding carboxylic acids is 1. The molecule has 0 saturated carbocycles. The molecule has 2 aliphatic carbocycles. The maximum absolute atomic E-state index is 11.2. The van der Waals surface area contributed by atoms with Crippen molar-refractivity contribution in [1.29, 1.82) is 0 Å². The van der Waals surface area contributed by atoms with Crippen molar-refractivity contribution >= 4 is 5.78 Å². The highest BCUT2D eigenvalue weighted by Crippen LogP contribution is 2.27. The van der Waals surface area contributed by atoms with Crippen LogP contribution in [0.5, 0.6) is 0 Å². The lowest BCUT2D eigenvalue weighted by Gasteiger charge is -1.98. The molecule has 13 heavy (non-hydrogen) atoms. The summed E-state index contributed by atoms with van der Waals surface area (Å²) >= 11 is 0. The summed E-state index contributed by atoms with van der Waals surface area (Å²) < 4.78 is 0. The summed E-state index contributed by atoms with van der Waals surface area (Å²) in [5.41, 5.74) is 3.41. The third-order valence-corrected chi connectivity index (χ3v) is 2.42. The van der Waals surface area contributed by atoms with Crippen LogP contribution >= 0.6 is 0 Å². The van der Waals surface area contributed by atoms with E-state index in [1.807, 2.05) is 12.2 Å². The van der Waals surface area contributed by atoms with Crippen molar-refractivity contribution in [3.05, 3.63) is 47.1 Å². The number of ketones is 1. The second-order valence-corrected chi connectivity index (χ2v) is 3.39. The molecule has 0 aliphatic heterocycles. The highest BCUT2D eigenvalue weighted by atomic mass is 16.1. The number of rotatable bonds is 1. The van der Waals surface area contributed by atoms with Crippen molar-refractivity contribution in [3.63, 3.8) is 0 Å². The molecule has 0 aromatic heterocycles. The van der Waals surface area contributed by atoms with Crippen LogP contribution in [0.15, 0.2) is 47.1 Å². The van der Waals surface area contributed by atoms with Crippen LogP contribution in [0.3, 0.4) is 0 Å². The number of Topliss-reactive ketones (excluding diaryl/α,β-unsaturated/α-hetero) is 1. The zero-order chi connectivity index (χ0) is 9.26. The van der Waals surface area contributed by atoms with Crippen LogP contribution in [-0.4, -0.2) is 5.78 Å². The maximum atomic E-state index is 11.2. The molecule has 0 heterocycles. The number of hydrogen-bond acceptors (Lipinski definition) is 1. The Morgan fingerprint density at radius 2 is 2.23 bits per heavy atom. The monoisotopic (exact) mass is 172 g/mol. The van der Waals surface area contributed by atoms with E-state index in [1.54, 1.807) is 6.92 Å². The molecule has 1 nitrogen and oxygen atoms in total. The lowest BCUT2D eigenvalue weighted by Crippen LogP contribution is -1.93. The Balaban J connectivity index is 2.36. The van der Waals surface area contributed by atoms with Gasteiger partial charge in [-0.15, -0.1) is 0 Å². The first-order valence-corrected chi connectivity index (χ1v) is 4.56. The number of carbonyl (C=O) groups is 1. The minimum atomic E-state index is 0.161. The van der Waals surface area contributed by atoms with Crippen LogP contribution in [0, 0.1) is 0 Å². The van der Waals surface area contributed by atoms with Gasteiger partial charge in [0.25, 0.3) is 0 Å². The SMILES string of the molecule is CC(=O)C1=CCC=C2C=CCC2=C1. The quantitative estimate of drug-likeness (QED) is 0.594. The van der Waals surface area contributed by atoms with Crippen molar-refractivity contribution in [2.45, 2.75) is 19.8 Å². The molecule has 2 rings (SSSR count). The van der Waals surface area contributed by atoms with Gasteiger partial charge in [-0.25, -0.2) is 0 Å². The van der Waals surface area contributed by atoms with E-state index >= 15 is 0 Å². The molecule has 0 atom stereocenters. The highest BCUT2D eigenvalue weighted by molar-refractivity contribution is 5.96. The predicted molar refractivity (Wildman–Crippen MR) is 53.3 cm³/mol. The summed E-state index contributed by atoms with van der Waals surface area (Å²) in [6.45, 7) is 1.62. The summed E-state index contributed by atoms with van der Waals surface area (Å²) in [5.74, 6) is 0.161. The summed E-state index contributed by atoms with van der Waals surface area (Å²) in [4.78, 5) is 11.2. The molecule has 0 N–H and O–H groups in total. The number of fused-ring (bicyclic) bond motifs is 1. The third kappa shape index (κ3) is 1.55. The minimum Gasteiger partial charge on any atom is -0.295 e. The molecule has 0 bridgehead atoms. The molecule has 0 fully saturated rings. The maximum Gasteiger partial charge on any atom is 0.159 e. The Morgan fingerprint density at radius 1 is 1.38 bits per heavy atom. The van der Waals surface area contributed by atoms with Crippen LogP contribution in [0.2, 0.25) is 0 Å². The van der Waals surface area contributed by atoms with Crippen LogP contribution < -0.4 is 0 Å². The summed E-state index contributed by atoms with van der Waals surface area (Å²) in [6, 6.07) is 0. The smallest absolute Gasteiger partial charge is 0.159 e. The van der Waals surface area contributed by atoms with E-state index in [-0.39, 0.29) is 5.78 Å². The molecule has 0 spiro atoms. The third-order valence-electron chi connectivity index (χ3n) is 2.42.